The lowest BCUT2D eigenvalue weighted by Gasteiger charge is -2.05. The van der Waals surface area contributed by atoms with E-state index in [9.17, 15) is 4.39 Å². The van der Waals surface area contributed by atoms with Crippen LogP contribution in [-0.4, -0.2) is 17.3 Å². The zero-order chi connectivity index (χ0) is 11.5. The average molecular weight is 224 g/mol. The molecule has 0 aliphatic carbocycles. The number of hydrogen-bond acceptors (Lipinski definition) is 6. The summed E-state index contributed by atoms with van der Waals surface area (Å²) in [5, 5.41) is 9.57. The van der Waals surface area contributed by atoms with Crippen molar-refractivity contribution in [3.63, 3.8) is 0 Å². The fourth-order valence-electron chi connectivity index (χ4n) is 1.13. The Hall–Kier alpha value is -2.31. The van der Waals surface area contributed by atoms with Crippen LogP contribution < -0.4 is 15.8 Å². The van der Waals surface area contributed by atoms with E-state index in [1.807, 2.05) is 0 Å². The van der Waals surface area contributed by atoms with E-state index in [1.54, 1.807) is 0 Å². The molecule has 0 saturated carbocycles. The van der Waals surface area contributed by atoms with Crippen molar-refractivity contribution in [2.24, 2.45) is 0 Å². The van der Waals surface area contributed by atoms with Gasteiger partial charge in [0, 0.05) is 6.07 Å². The molecule has 1 heterocycles. The fourth-order valence-corrected chi connectivity index (χ4v) is 1.13. The molecule has 2 rings (SSSR count). The molecule has 0 radical (unpaired) electrons. The van der Waals surface area contributed by atoms with Gasteiger partial charge in [0.05, 0.1) is 12.8 Å². The molecule has 2 aromatic rings. The number of methoxy groups -OCH3 is 1. The molecule has 0 saturated heterocycles. The number of nitrogen functional groups attached to an aromatic ring is 1. The number of ether oxygens (including phenoxy) is 1. The third kappa shape index (κ3) is 2.02. The maximum atomic E-state index is 13.4. The highest BCUT2D eigenvalue weighted by molar-refractivity contribution is 5.56. The highest BCUT2D eigenvalue weighted by atomic mass is 19.1. The Morgan fingerprint density at radius 1 is 1.44 bits per heavy atom. The van der Waals surface area contributed by atoms with Crippen molar-refractivity contribution in [1.82, 2.24) is 10.2 Å². The topological polar surface area (TPSA) is 86.2 Å². The first-order chi connectivity index (χ1) is 7.69. The number of aromatic nitrogens is 2. The van der Waals surface area contributed by atoms with E-state index in [1.165, 1.54) is 25.3 Å². The van der Waals surface area contributed by atoms with E-state index < -0.39 is 5.82 Å². The predicted octanol–water partition coefficient (Wildman–Crippen LogP) is 1.54. The minimum Gasteiger partial charge on any atom is -0.497 e. The summed E-state index contributed by atoms with van der Waals surface area (Å²) in [6.07, 6.45) is 0. The van der Waals surface area contributed by atoms with Gasteiger partial charge in [0.25, 0.3) is 0 Å². The largest absolute Gasteiger partial charge is 0.497 e. The molecule has 0 aliphatic heterocycles. The van der Waals surface area contributed by atoms with Crippen molar-refractivity contribution >= 4 is 17.7 Å². The Morgan fingerprint density at radius 2 is 2.25 bits per heavy atom. The molecular weight excluding hydrogens is 215 g/mol. The molecular formula is C9H9FN4O2. The van der Waals surface area contributed by atoms with Gasteiger partial charge in [-0.1, -0.05) is 10.2 Å². The second-order valence-electron chi connectivity index (χ2n) is 2.92. The SMILES string of the molecule is COc1ccc(F)c(Nc2nnc(N)o2)c1. The summed E-state index contributed by atoms with van der Waals surface area (Å²) in [5.74, 6) is 0.0500. The molecule has 1 aromatic heterocycles. The van der Waals surface area contributed by atoms with Gasteiger partial charge < -0.3 is 20.2 Å². The maximum absolute atomic E-state index is 13.4. The van der Waals surface area contributed by atoms with E-state index in [2.05, 4.69) is 15.5 Å². The zero-order valence-electron chi connectivity index (χ0n) is 8.40. The van der Waals surface area contributed by atoms with Gasteiger partial charge in [-0.25, -0.2) is 4.39 Å². The molecule has 0 aliphatic rings. The monoisotopic (exact) mass is 224 g/mol. The lowest BCUT2D eigenvalue weighted by Crippen LogP contribution is -1.95. The van der Waals surface area contributed by atoms with Gasteiger partial charge in [-0.3, -0.25) is 0 Å². The minimum atomic E-state index is -0.461. The maximum Gasteiger partial charge on any atom is 0.321 e. The second kappa shape index (κ2) is 4.05. The van der Waals surface area contributed by atoms with Crippen molar-refractivity contribution in [3.05, 3.63) is 24.0 Å². The Labute approximate surface area is 90.2 Å². The van der Waals surface area contributed by atoms with Gasteiger partial charge in [0.15, 0.2) is 0 Å². The van der Waals surface area contributed by atoms with Crippen molar-refractivity contribution < 1.29 is 13.5 Å². The van der Waals surface area contributed by atoms with Crippen LogP contribution >= 0.6 is 0 Å². The number of hydrogen-bond donors (Lipinski definition) is 2. The number of nitrogens with one attached hydrogen (secondary N) is 1. The number of rotatable bonds is 3. The lowest BCUT2D eigenvalue weighted by atomic mass is 10.3. The predicted molar refractivity (Wildman–Crippen MR) is 54.9 cm³/mol. The van der Waals surface area contributed by atoms with Gasteiger partial charge >= 0.3 is 12.0 Å². The van der Waals surface area contributed by atoms with Crippen LogP contribution in [0, 0.1) is 5.82 Å². The van der Waals surface area contributed by atoms with Crippen LogP contribution in [0.25, 0.3) is 0 Å². The summed E-state index contributed by atoms with van der Waals surface area (Å²) in [4.78, 5) is 0. The first-order valence-electron chi connectivity index (χ1n) is 4.38. The highest BCUT2D eigenvalue weighted by Gasteiger charge is 2.08. The quantitative estimate of drug-likeness (QED) is 0.822. The first kappa shape index (κ1) is 10.2. The molecule has 0 bridgehead atoms. The van der Waals surface area contributed by atoms with E-state index in [4.69, 9.17) is 14.9 Å². The smallest absolute Gasteiger partial charge is 0.321 e. The van der Waals surface area contributed by atoms with Gasteiger partial charge in [-0.15, -0.1) is 0 Å². The summed E-state index contributed by atoms with van der Waals surface area (Å²) >= 11 is 0. The third-order valence-corrected chi connectivity index (χ3v) is 1.86. The Balaban J connectivity index is 2.26. The molecule has 6 nitrogen and oxygen atoms in total. The van der Waals surface area contributed by atoms with Gasteiger partial charge in [0.2, 0.25) is 0 Å². The van der Waals surface area contributed by atoms with E-state index in [0.29, 0.717) is 5.75 Å². The molecule has 0 atom stereocenters. The molecule has 7 heteroatoms. The van der Waals surface area contributed by atoms with Gasteiger partial charge in [-0.05, 0) is 12.1 Å². The van der Waals surface area contributed by atoms with Crippen molar-refractivity contribution in [2.45, 2.75) is 0 Å². The minimum absolute atomic E-state index is 0.0182. The number of nitrogens with zero attached hydrogens (tertiary/aromatic N) is 2. The summed E-state index contributed by atoms with van der Waals surface area (Å²) in [7, 11) is 1.49. The average Bonchev–Trinajstić information content (AvgIpc) is 2.67. The highest BCUT2D eigenvalue weighted by Crippen LogP contribution is 2.24. The number of benzene rings is 1. The van der Waals surface area contributed by atoms with Crippen molar-refractivity contribution in [1.29, 1.82) is 0 Å². The summed E-state index contributed by atoms with van der Waals surface area (Å²) in [6.45, 7) is 0. The molecule has 0 fully saturated rings. The third-order valence-electron chi connectivity index (χ3n) is 1.86. The summed E-state index contributed by atoms with van der Waals surface area (Å²) in [6, 6.07) is 4.16. The lowest BCUT2D eigenvalue weighted by molar-refractivity contribution is 0.414. The number of nitrogens with two attached hydrogens (primary N) is 1. The molecule has 1 aromatic carbocycles. The second-order valence-corrected chi connectivity index (χ2v) is 2.92. The summed E-state index contributed by atoms with van der Waals surface area (Å²) in [5.41, 5.74) is 5.40. The molecule has 16 heavy (non-hydrogen) atoms. The van der Waals surface area contributed by atoms with Gasteiger partial charge in [-0.2, -0.15) is 0 Å². The molecule has 84 valence electrons. The summed E-state index contributed by atoms with van der Waals surface area (Å²) < 4.78 is 23.2. The molecule has 0 amide bonds. The van der Waals surface area contributed by atoms with E-state index in [0.717, 1.165) is 0 Å². The van der Waals surface area contributed by atoms with E-state index >= 15 is 0 Å². The molecule has 3 N–H and O–H groups in total. The van der Waals surface area contributed by atoms with Crippen molar-refractivity contribution in [2.75, 3.05) is 18.2 Å². The van der Waals surface area contributed by atoms with Crippen LogP contribution in [0.5, 0.6) is 5.75 Å². The fraction of sp³-hybridized carbons (Fsp3) is 0.111. The van der Waals surface area contributed by atoms with Crippen LogP contribution in [-0.2, 0) is 0 Å². The van der Waals surface area contributed by atoms with Crippen LogP contribution in [0.2, 0.25) is 0 Å². The number of halogens is 1. The van der Waals surface area contributed by atoms with Crippen LogP contribution in [0.3, 0.4) is 0 Å². The first-order valence-corrected chi connectivity index (χ1v) is 4.38. The normalized spacial score (nSPS) is 10.1. The van der Waals surface area contributed by atoms with Crippen LogP contribution in [0.1, 0.15) is 0 Å². The molecule has 0 spiro atoms. The van der Waals surface area contributed by atoms with Gasteiger partial charge in [0.1, 0.15) is 11.6 Å². The van der Waals surface area contributed by atoms with Crippen LogP contribution in [0.4, 0.5) is 22.1 Å². The Bertz CT molecular complexity index is 500. The van der Waals surface area contributed by atoms with Crippen molar-refractivity contribution in [3.8, 4) is 5.75 Å². The Morgan fingerprint density at radius 3 is 2.88 bits per heavy atom. The zero-order valence-corrected chi connectivity index (χ0v) is 8.40. The standard InChI is InChI=1S/C9H9FN4O2/c1-15-5-2-3-6(10)7(4-5)12-9-14-13-8(11)16-9/h2-4H,1H3,(H2,11,13)(H,12,14). The Kier molecular flexibility index (Phi) is 2.59. The van der Waals surface area contributed by atoms with Crippen LogP contribution in [0.15, 0.2) is 22.6 Å². The number of anilines is 3. The van der Waals surface area contributed by atoms with E-state index in [-0.39, 0.29) is 17.7 Å². The molecule has 0 unspecified atom stereocenters.